The van der Waals surface area contributed by atoms with E-state index in [2.05, 4.69) is 19.1 Å². The summed E-state index contributed by atoms with van der Waals surface area (Å²) in [6.07, 6.45) is 7.71. The molecule has 0 bridgehead atoms. The second-order valence-corrected chi connectivity index (χ2v) is 4.47. The topological polar surface area (TPSA) is 46.5 Å². The fourth-order valence-corrected chi connectivity index (χ4v) is 2.03. The maximum atomic E-state index is 11.4. The first-order valence-electron chi connectivity index (χ1n) is 6.71. The average Bonchev–Trinajstić information content (AvgIpc) is 2.42. The minimum atomic E-state index is -0.798. The van der Waals surface area contributed by atoms with Crippen molar-refractivity contribution in [3.63, 3.8) is 0 Å². The molecule has 3 heteroatoms. The van der Waals surface area contributed by atoms with E-state index in [4.69, 9.17) is 4.74 Å². The molecule has 0 radical (unpaired) electrons. The molecule has 1 aromatic carbocycles. The Morgan fingerprint density at radius 1 is 1.32 bits per heavy atom. The van der Waals surface area contributed by atoms with Crippen LogP contribution < -0.4 is 4.74 Å². The van der Waals surface area contributed by atoms with Crippen LogP contribution in [0.15, 0.2) is 36.4 Å². The lowest BCUT2D eigenvalue weighted by Crippen LogP contribution is -2.12. The highest BCUT2D eigenvalue weighted by molar-refractivity contribution is 5.77. The van der Waals surface area contributed by atoms with Gasteiger partial charge < -0.3 is 9.84 Å². The monoisotopic (exact) mass is 262 g/mol. The third-order valence-electron chi connectivity index (χ3n) is 3.06. The van der Waals surface area contributed by atoms with Crippen molar-refractivity contribution in [2.24, 2.45) is 0 Å². The molecule has 1 atom stereocenters. The average molecular weight is 262 g/mol. The van der Waals surface area contributed by atoms with E-state index in [-0.39, 0.29) is 0 Å². The summed E-state index contributed by atoms with van der Waals surface area (Å²) in [5, 5.41) is 9.37. The van der Waals surface area contributed by atoms with Gasteiger partial charge in [-0.2, -0.15) is 0 Å². The third kappa shape index (κ3) is 4.78. The van der Waals surface area contributed by atoms with Crippen molar-refractivity contribution in [1.29, 1.82) is 0 Å². The number of hydrogen-bond acceptors (Lipinski definition) is 2. The highest BCUT2D eigenvalue weighted by Crippen LogP contribution is 2.30. The Morgan fingerprint density at radius 2 is 2.00 bits per heavy atom. The number of benzene rings is 1. The molecule has 0 aromatic heterocycles. The summed E-state index contributed by atoms with van der Waals surface area (Å²) in [5.74, 6) is -0.664. The molecule has 19 heavy (non-hydrogen) atoms. The predicted molar refractivity (Wildman–Crippen MR) is 76.7 cm³/mol. The molecule has 0 aliphatic rings. The third-order valence-corrected chi connectivity index (χ3v) is 3.06. The van der Waals surface area contributed by atoms with Gasteiger partial charge in [-0.15, -0.1) is 0 Å². The Bertz CT molecular complexity index is 424. The van der Waals surface area contributed by atoms with Gasteiger partial charge in [0.15, 0.2) is 0 Å². The first kappa shape index (κ1) is 15.3. The van der Waals surface area contributed by atoms with Crippen LogP contribution in [-0.4, -0.2) is 18.2 Å². The van der Waals surface area contributed by atoms with E-state index in [0.29, 0.717) is 12.2 Å². The molecule has 3 nitrogen and oxygen atoms in total. The molecule has 0 amide bonds. The van der Waals surface area contributed by atoms with Crippen LogP contribution in [-0.2, 0) is 4.79 Å². The number of ether oxygens (including phenoxy) is 1. The van der Waals surface area contributed by atoms with Crippen LogP contribution in [0.3, 0.4) is 0 Å². The van der Waals surface area contributed by atoms with E-state index in [1.54, 1.807) is 13.2 Å². The number of para-hydroxylation sites is 1. The molecule has 104 valence electrons. The Morgan fingerprint density at radius 3 is 2.63 bits per heavy atom. The summed E-state index contributed by atoms with van der Waals surface area (Å²) in [4.78, 5) is 11.4. The fraction of sp³-hybridized carbons (Fsp3) is 0.438. The van der Waals surface area contributed by atoms with Gasteiger partial charge in [0, 0.05) is 5.56 Å². The summed E-state index contributed by atoms with van der Waals surface area (Å²) >= 11 is 0. The maximum Gasteiger partial charge on any atom is 0.311 e. The second kappa shape index (κ2) is 8.35. The van der Waals surface area contributed by atoms with Gasteiger partial charge in [0.1, 0.15) is 5.75 Å². The molecule has 0 aliphatic carbocycles. The standard InChI is InChI=1S/C16H22O3/c1-3-4-5-6-7-11-14(16(17)18)13-10-8-9-12-15(13)19-2/h5-6,8-10,12,14H,3-4,7,11H2,1-2H3,(H,17,18). The number of carboxylic acid groups (broad SMARTS) is 1. The van der Waals surface area contributed by atoms with Gasteiger partial charge in [0.2, 0.25) is 0 Å². The molecular formula is C16H22O3. The summed E-state index contributed by atoms with van der Waals surface area (Å²) in [5.41, 5.74) is 0.751. The molecule has 0 spiro atoms. The first-order valence-corrected chi connectivity index (χ1v) is 6.71. The summed E-state index contributed by atoms with van der Waals surface area (Å²) in [7, 11) is 1.57. The van der Waals surface area contributed by atoms with E-state index in [9.17, 15) is 9.90 Å². The zero-order valence-electron chi connectivity index (χ0n) is 11.6. The lowest BCUT2D eigenvalue weighted by Gasteiger charge is -2.15. The predicted octanol–water partition coefficient (Wildman–Crippen LogP) is 4.00. The number of allylic oxidation sites excluding steroid dienone is 2. The van der Waals surface area contributed by atoms with Crippen molar-refractivity contribution >= 4 is 5.97 Å². The Balaban J connectivity index is 2.74. The summed E-state index contributed by atoms with van der Waals surface area (Å²) < 4.78 is 5.24. The minimum absolute atomic E-state index is 0.512. The number of aliphatic carboxylic acids is 1. The van der Waals surface area contributed by atoms with Crippen LogP contribution in [0, 0.1) is 0 Å². The van der Waals surface area contributed by atoms with Crippen LogP contribution in [0.4, 0.5) is 0 Å². The van der Waals surface area contributed by atoms with Gasteiger partial charge in [-0.3, -0.25) is 4.79 Å². The largest absolute Gasteiger partial charge is 0.496 e. The number of carbonyl (C=O) groups is 1. The van der Waals surface area contributed by atoms with Crippen LogP contribution in [0.2, 0.25) is 0 Å². The van der Waals surface area contributed by atoms with E-state index < -0.39 is 11.9 Å². The Hall–Kier alpha value is -1.77. The lowest BCUT2D eigenvalue weighted by atomic mass is 9.93. The number of hydrogen-bond donors (Lipinski definition) is 1. The second-order valence-electron chi connectivity index (χ2n) is 4.47. The Labute approximate surface area is 114 Å². The van der Waals surface area contributed by atoms with Crippen LogP contribution in [0.1, 0.15) is 44.1 Å². The van der Waals surface area contributed by atoms with Crippen molar-refractivity contribution in [3.05, 3.63) is 42.0 Å². The van der Waals surface area contributed by atoms with Crippen LogP contribution >= 0.6 is 0 Å². The maximum absolute atomic E-state index is 11.4. The molecule has 0 aliphatic heterocycles. The fourth-order valence-electron chi connectivity index (χ4n) is 2.03. The van der Waals surface area contributed by atoms with Crippen LogP contribution in [0.5, 0.6) is 5.75 Å². The molecule has 1 N–H and O–H groups in total. The van der Waals surface area contributed by atoms with Crippen molar-refractivity contribution in [2.75, 3.05) is 7.11 Å². The smallest absolute Gasteiger partial charge is 0.311 e. The van der Waals surface area contributed by atoms with Gasteiger partial charge in [-0.1, -0.05) is 43.7 Å². The summed E-state index contributed by atoms with van der Waals surface area (Å²) in [6, 6.07) is 7.33. The number of methoxy groups -OCH3 is 1. The molecule has 0 saturated heterocycles. The molecule has 1 unspecified atom stereocenters. The van der Waals surface area contributed by atoms with Crippen molar-refractivity contribution in [1.82, 2.24) is 0 Å². The van der Waals surface area contributed by atoms with E-state index in [0.717, 1.165) is 24.8 Å². The van der Waals surface area contributed by atoms with Crippen LogP contribution in [0.25, 0.3) is 0 Å². The number of carboxylic acids is 1. The highest BCUT2D eigenvalue weighted by Gasteiger charge is 2.22. The van der Waals surface area contributed by atoms with Gasteiger partial charge >= 0.3 is 5.97 Å². The minimum Gasteiger partial charge on any atom is -0.496 e. The quantitative estimate of drug-likeness (QED) is 0.720. The summed E-state index contributed by atoms with van der Waals surface area (Å²) in [6.45, 7) is 2.12. The molecule has 1 rings (SSSR count). The van der Waals surface area contributed by atoms with Crippen molar-refractivity contribution in [2.45, 2.75) is 38.5 Å². The van der Waals surface area contributed by atoms with Gasteiger partial charge in [-0.05, 0) is 25.3 Å². The highest BCUT2D eigenvalue weighted by atomic mass is 16.5. The molecule has 0 saturated carbocycles. The molecular weight excluding hydrogens is 240 g/mol. The van der Waals surface area contributed by atoms with E-state index in [1.807, 2.05) is 18.2 Å². The zero-order chi connectivity index (χ0) is 14.1. The van der Waals surface area contributed by atoms with Gasteiger partial charge in [-0.25, -0.2) is 0 Å². The zero-order valence-corrected chi connectivity index (χ0v) is 11.6. The van der Waals surface area contributed by atoms with Crippen molar-refractivity contribution < 1.29 is 14.6 Å². The molecule has 0 heterocycles. The normalized spacial score (nSPS) is 12.5. The van der Waals surface area contributed by atoms with E-state index >= 15 is 0 Å². The SMILES string of the molecule is CCCC=CCCC(C(=O)O)c1ccccc1OC. The van der Waals surface area contributed by atoms with Gasteiger partial charge in [0.25, 0.3) is 0 Å². The molecule has 1 aromatic rings. The van der Waals surface area contributed by atoms with Gasteiger partial charge in [0.05, 0.1) is 13.0 Å². The molecule has 0 fully saturated rings. The van der Waals surface area contributed by atoms with Crippen molar-refractivity contribution in [3.8, 4) is 5.75 Å². The van der Waals surface area contributed by atoms with E-state index in [1.165, 1.54) is 0 Å². The Kier molecular flexibility index (Phi) is 6.72. The lowest BCUT2D eigenvalue weighted by molar-refractivity contribution is -0.139. The number of rotatable bonds is 8. The first-order chi connectivity index (χ1) is 9.20. The number of unbranched alkanes of at least 4 members (excludes halogenated alkanes) is 1.